The van der Waals surface area contributed by atoms with Crippen LogP contribution in [-0.4, -0.2) is 65.4 Å². The lowest BCUT2D eigenvalue weighted by Crippen LogP contribution is -2.53. The number of rotatable bonds is 5. The van der Waals surface area contributed by atoms with E-state index in [1.165, 1.54) is 22.1 Å². The Morgan fingerprint density at radius 2 is 2.00 bits per heavy atom. The van der Waals surface area contributed by atoms with E-state index < -0.39 is 11.8 Å². The van der Waals surface area contributed by atoms with Crippen LogP contribution >= 0.6 is 0 Å². The fourth-order valence-electron chi connectivity index (χ4n) is 4.34. The highest BCUT2D eigenvalue weighted by Gasteiger charge is 2.35. The van der Waals surface area contributed by atoms with Crippen LogP contribution in [0.25, 0.3) is 16.5 Å². The van der Waals surface area contributed by atoms with Crippen LogP contribution in [0.5, 0.6) is 0 Å². The first-order valence-electron chi connectivity index (χ1n) is 8.76. The molecule has 2 aromatic rings. The Morgan fingerprint density at radius 1 is 1.27 bits per heavy atom. The van der Waals surface area contributed by atoms with Crippen molar-refractivity contribution in [2.45, 2.75) is 18.5 Å². The monoisotopic (exact) mass is 353 g/mol. The minimum atomic E-state index is -0.465. The normalized spacial score (nSPS) is 22.3. The number of aromatic amines is 1. The molecule has 2 atom stereocenters. The van der Waals surface area contributed by atoms with E-state index in [-0.39, 0.29) is 25.2 Å². The number of benzene rings is 1. The molecular weight excluding hydrogens is 330 g/mol. The molecule has 1 aromatic carbocycles. The van der Waals surface area contributed by atoms with E-state index in [1.54, 1.807) is 4.90 Å². The molecule has 0 radical (unpaired) electrons. The molecule has 5 N–H and O–H groups in total. The van der Waals surface area contributed by atoms with Crippen molar-refractivity contribution < 1.29 is 9.59 Å². The summed E-state index contributed by atoms with van der Waals surface area (Å²) >= 11 is 0. The zero-order chi connectivity index (χ0) is 18.4. The van der Waals surface area contributed by atoms with Gasteiger partial charge in [0.15, 0.2) is 0 Å². The maximum atomic E-state index is 11.5. The van der Waals surface area contributed by atoms with Crippen LogP contribution in [0.4, 0.5) is 0 Å². The van der Waals surface area contributed by atoms with Gasteiger partial charge < -0.3 is 16.5 Å². The van der Waals surface area contributed by atoms with Crippen molar-refractivity contribution in [2.24, 2.45) is 11.5 Å². The van der Waals surface area contributed by atoms with Gasteiger partial charge in [-0.05, 0) is 36.2 Å². The summed E-state index contributed by atoms with van der Waals surface area (Å²) in [6, 6.07) is 6.46. The highest BCUT2D eigenvalue weighted by Crippen LogP contribution is 2.40. The molecule has 7 nitrogen and oxygen atoms in total. The predicted octanol–water partition coefficient (Wildman–Crippen LogP) is 0.0626. The van der Waals surface area contributed by atoms with Gasteiger partial charge in [-0.15, -0.1) is 0 Å². The van der Waals surface area contributed by atoms with Gasteiger partial charge in [-0.1, -0.05) is 18.2 Å². The lowest BCUT2D eigenvalue weighted by Gasteiger charge is -2.42. The minimum Gasteiger partial charge on any atom is -0.369 e. The molecule has 2 amide bonds. The quantitative estimate of drug-likeness (QED) is 0.706. The lowest BCUT2D eigenvalue weighted by atomic mass is 9.81. The molecule has 0 saturated heterocycles. The fraction of sp³-hybridized carbons (Fsp3) is 0.368. The summed E-state index contributed by atoms with van der Waals surface area (Å²) in [5.41, 5.74) is 15.7. The number of carbonyl (C=O) groups is 2. The minimum absolute atomic E-state index is 0.00942. The van der Waals surface area contributed by atoms with E-state index in [1.807, 2.05) is 0 Å². The second kappa shape index (κ2) is 6.26. The van der Waals surface area contributed by atoms with Crippen LogP contribution in [0.1, 0.15) is 11.1 Å². The van der Waals surface area contributed by atoms with Crippen molar-refractivity contribution in [2.75, 3.05) is 26.7 Å². The number of nitrogens with one attached hydrogen (secondary N) is 1. The summed E-state index contributed by atoms with van der Waals surface area (Å²) in [4.78, 5) is 30.3. The summed E-state index contributed by atoms with van der Waals surface area (Å²) < 4.78 is 0. The number of primary amides is 2. The van der Waals surface area contributed by atoms with Gasteiger partial charge in [0, 0.05) is 35.7 Å². The van der Waals surface area contributed by atoms with Gasteiger partial charge in [-0.3, -0.25) is 19.4 Å². The molecule has 0 bridgehead atoms. The molecule has 1 aliphatic carbocycles. The van der Waals surface area contributed by atoms with Crippen molar-refractivity contribution in [3.8, 4) is 0 Å². The highest BCUT2D eigenvalue weighted by molar-refractivity contribution is 5.98. The Kier molecular flexibility index (Phi) is 4.05. The first-order valence-corrected chi connectivity index (χ1v) is 8.76. The van der Waals surface area contributed by atoms with E-state index in [4.69, 9.17) is 11.5 Å². The summed E-state index contributed by atoms with van der Waals surface area (Å²) in [6.07, 6.45) is 5.22. The summed E-state index contributed by atoms with van der Waals surface area (Å²) in [6.45, 7) is 0.732. The van der Waals surface area contributed by atoms with Gasteiger partial charge in [-0.2, -0.15) is 0 Å². The Labute approximate surface area is 151 Å². The Bertz CT molecular complexity index is 900. The van der Waals surface area contributed by atoms with E-state index in [2.05, 4.69) is 47.4 Å². The summed E-state index contributed by atoms with van der Waals surface area (Å²) in [7, 11) is 2.08. The van der Waals surface area contributed by atoms with E-state index >= 15 is 0 Å². The molecule has 4 rings (SSSR count). The molecule has 0 fully saturated rings. The third kappa shape index (κ3) is 2.79. The number of fused-ring (bicyclic) bond motifs is 2. The molecule has 0 unspecified atom stereocenters. The largest absolute Gasteiger partial charge is 0.369 e. The zero-order valence-electron chi connectivity index (χ0n) is 14.7. The SMILES string of the molecule is CN1C[C@@H](N(CC(N)=O)CC(N)=O)C=C2c3cccc4[nH]cc(c34)C[C@H]21. The molecular formula is C19H23N5O2. The zero-order valence-corrected chi connectivity index (χ0v) is 14.7. The number of hydrogen-bond acceptors (Lipinski definition) is 4. The summed E-state index contributed by atoms with van der Waals surface area (Å²) in [5, 5.41) is 1.26. The van der Waals surface area contributed by atoms with Crippen LogP contribution < -0.4 is 11.5 Å². The lowest BCUT2D eigenvalue weighted by molar-refractivity contribution is -0.122. The third-order valence-corrected chi connectivity index (χ3v) is 5.44. The number of likely N-dealkylation sites (N-methyl/N-ethyl adjacent to an activating group) is 1. The predicted molar refractivity (Wildman–Crippen MR) is 100 cm³/mol. The molecule has 0 spiro atoms. The Morgan fingerprint density at radius 3 is 2.69 bits per heavy atom. The average Bonchev–Trinajstić information content (AvgIpc) is 2.99. The van der Waals surface area contributed by atoms with Crippen LogP contribution in [0.2, 0.25) is 0 Å². The first-order chi connectivity index (χ1) is 12.4. The van der Waals surface area contributed by atoms with Crippen LogP contribution in [0.15, 0.2) is 30.5 Å². The first kappa shape index (κ1) is 16.8. The number of H-pyrrole nitrogens is 1. The highest BCUT2D eigenvalue weighted by atomic mass is 16.2. The maximum absolute atomic E-state index is 11.5. The third-order valence-electron chi connectivity index (χ3n) is 5.44. The molecule has 136 valence electrons. The van der Waals surface area contributed by atoms with Gasteiger partial charge in [0.25, 0.3) is 0 Å². The molecule has 1 aliphatic heterocycles. The second-order valence-electron chi connectivity index (χ2n) is 7.23. The van der Waals surface area contributed by atoms with Crippen molar-refractivity contribution in [1.82, 2.24) is 14.8 Å². The van der Waals surface area contributed by atoms with Crippen molar-refractivity contribution >= 4 is 28.3 Å². The number of aromatic nitrogens is 1. The maximum Gasteiger partial charge on any atom is 0.231 e. The van der Waals surface area contributed by atoms with Crippen LogP contribution in [0.3, 0.4) is 0 Å². The number of hydrogen-bond donors (Lipinski definition) is 3. The number of amides is 2. The molecule has 0 saturated carbocycles. The van der Waals surface area contributed by atoms with Gasteiger partial charge in [0.1, 0.15) is 0 Å². The molecule has 2 heterocycles. The molecule has 26 heavy (non-hydrogen) atoms. The van der Waals surface area contributed by atoms with E-state index in [0.29, 0.717) is 6.54 Å². The van der Waals surface area contributed by atoms with Gasteiger partial charge in [0.2, 0.25) is 11.8 Å². The summed E-state index contributed by atoms with van der Waals surface area (Å²) in [5.74, 6) is -0.929. The molecule has 1 aromatic heterocycles. The molecule has 7 heteroatoms. The van der Waals surface area contributed by atoms with Gasteiger partial charge in [-0.25, -0.2) is 0 Å². The Hall–Kier alpha value is -2.64. The van der Waals surface area contributed by atoms with Gasteiger partial charge in [0.05, 0.1) is 13.1 Å². The Balaban J connectivity index is 1.77. The topological polar surface area (TPSA) is 108 Å². The van der Waals surface area contributed by atoms with Crippen molar-refractivity contribution in [1.29, 1.82) is 0 Å². The van der Waals surface area contributed by atoms with Crippen LogP contribution in [0, 0.1) is 0 Å². The van der Waals surface area contributed by atoms with E-state index in [0.717, 1.165) is 11.9 Å². The molecule has 2 aliphatic rings. The number of nitrogens with zero attached hydrogens (tertiary/aromatic N) is 2. The number of carbonyl (C=O) groups excluding carboxylic acids is 2. The van der Waals surface area contributed by atoms with E-state index in [9.17, 15) is 9.59 Å². The van der Waals surface area contributed by atoms with Gasteiger partial charge >= 0.3 is 0 Å². The van der Waals surface area contributed by atoms with Crippen molar-refractivity contribution in [3.63, 3.8) is 0 Å². The number of nitrogens with two attached hydrogens (primary N) is 2. The standard InChI is InChI=1S/C19H23N5O2/c1-23-8-12(24(9-17(20)25)10-18(21)26)6-14-13-3-2-4-15-19(13)11(7-22-15)5-16(14)23/h2-4,6-7,12,16,22H,5,8-10H2,1H3,(H2,20,25)(H2,21,26)/t12-,16+/m0/s1. The van der Waals surface area contributed by atoms with Crippen LogP contribution in [-0.2, 0) is 16.0 Å². The second-order valence-corrected chi connectivity index (χ2v) is 7.23. The fourth-order valence-corrected chi connectivity index (χ4v) is 4.34. The average molecular weight is 353 g/mol. The smallest absolute Gasteiger partial charge is 0.231 e. The van der Waals surface area contributed by atoms with Crippen molar-refractivity contribution in [3.05, 3.63) is 41.6 Å².